The van der Waals surface area contributed by atoms with Gasteiger partial charge in [-0.15, -0.1) is 0 Å². The number of sulfonamides is 1. The molecule has 1 fully saturated rings. The predicted molar refractivity (Wildman–Crippen MR) is 74.9 cm³/mol. The molecule has 1 aliphatic rings. The number of ether oxygens (including phenoxy) is 1. The summed E-state index contributed by atoms with van der Waals surface area (Å²) >= 11 is 5.96. The molecule has 108 valence electrons. The summed E-state index contributed by atoms with van der Waals surface area (Å²) in [6.07, 6.45) is 1.22. The standard InChI is InChI=1S/C13H15ClN2O3S/c1-13(4-6-19-7-5-13)16-20(17,18)12-3-2-10(9-15)8-11(12)14/h2-3,8,16H,4-7H2,1H3. The third-order valence-electron chi connectivity index (χ3n) is 3.33. The number of nitrogens with one attached hydrogen (secondary N) is 1. The number of rotatable bonds is 3. The summed E-state index contributed by atoms with van der Waals surface area (Å²) in [7, 11) is -3.72. The van der Waals surface area contributed by atoms with Crippen molar-refractivity contribution >= 4 is 21.6 Å². The van der Waals surface area contributed by atoms with Crippen molar-refractivity contribution in [3.8, 4) is 6.07 Å². The first-order chi connectivity index (χ1) is 9.36. The maximum atomic E-state index is 12.4. The zero-order chi connectivity index (χ0) is 14.8. The highest BCUT2D eigenvalue weighted by Gasteiger charge is 2.33. The van der Waals surface area contributed by atoms with Gasteiger partial charge in [-0.05, 0) is 38.0 Å². The first-order valence-corrected chi connectivity index (χ1v) is 8.04. The van der Waals surface area contributed by atoms with Crippen molar-refractivity contribution in [2.45, 2.75) is 30.2 Å². The Morgan fingerprint density at radius 1 is 1.40 bits per heavy atom. The molecule has 2 rings (SSSR count). The molecular formula is C13H15ClN2O3S. The summed E-state index contributed by atoms with van der Waals surface area (Å²) < 4.78 is 32.7. The lowest BCUT2D eigenvalue weighted by molar-refractivity contribution is 0.0537. The number of benzene rings is 1. The number of hydrogen-bond acceptors (Lipinski definition) is 4. The molecule has 1 heterocycles. The molecule has 20 heavy (non-hydrogen) atoms. The van der Waals surface area contributed by atoms with Gasteiger partial charge in [0.25, 0.3) is 0 Å². The summed E-state index contributed by atoms with van der Waals surface area (Å²) in [5.74, 6) is 0. The zero-order valence-electron chi connectivity index (χ0n) is 11.0. The van der Waals surface area contributed by atoms with E-state index in [2.05, 4.69) is 4.72 Å². The van der Waals surface area contributed by atoms with E-state index in [1.165, 1.54) is 18.2 Å². The molecule has 0 saturated carbocycles. The van der Waals surface area contributed by atoms with Crippen molar-refractivity contribution in [2.75, 3.05) is 13.2 Å². The minimum atomic E-state index is -3.72. The van der Waals surface area contributed by atoms with E-state index in [1.807, 2.05) is 13.0 Å². The Balaban J connectivity index is 2.29. The monoisotopic (exact) mass is 314 g/mol. The SMILES string of the molecule is CC1(NS(=O)(=O)c2ccc(C#N)cc2Cl)CCOCC1. The van der Waals surface area contributed by atoms with Crippen molar-refractivity contribution in [3.63, 3.8) is 0 Å². The molecule has 0 bridgehead atoms. The van der Waals surface area contributed by atoms with E-state index in [9.17, 15) is 8.42 Å². The van der Waals surface area contributed by atoms with Crippen LogP contribution in [-0.2, 0) is 14.8 Å². The van der Waals surface area contributed by atoms with Crippen LogP contribution in [0.5, 0.6) is 0 Å². The Kier molecular flexibility index (Phi) is 4.35. The molecule has 0 radical (unpaired) electrons. The van der Waals surface area contributed by atoms with E-state index < -0.39 is 15.6 Å². The number of nitriles is 1. The lowest BCUT2D eigenvalue weighted by Gasteiger charge is -2.34. The second-order valence-electron chi connectivity index (χ2n) is 5.04. The Bertz CT molecular complexity index is 646. The van der Waals surface area contributed by atoms with Gasteiger partial charge < -0.3 is 4.74 Å². The fourth-order valence-electron chi connectivity index (χ4n) is 2.09. The minimum Gasteiger partial charge on any atom is -0.381 e. The van der Waals surface area contributed by atoms with E-state index in [0.29, 0.717) is 31.6 Å². The van der Waals surface area contributed by atoms with Crippen LogP contribution in [0.4, 0.5) is 0 Å². The van der Waals surface area contributed by atoms with Crippen LogP contribution in [0.15, 0.2) is 23.1 Å². The highest BCUT2D eigenvalue weighted by Crippen LogP contribution is 2.27. The number of nitrogens with zero attached hydrogens (tertiary/aromatic N) is 1. The summed E-state index contributed by atoms with van der Waals surface area (Å²) in [6, 6.07) is 6.06. The van der Waals surface area contributed by atoms with Crippen LogP contribution in [0.3, 0.4) is 0 Å². The van der Waals surface area contributed by atoms with Crippen LogP contribution >= 0.6 is 11.6 Å². The first-order valence-electron chi connectivity index (χ1n) is 6.18. The quantitative estimate of drug-likeness (QED) is 0.926. The van der Waals surface area contributed by atoms with Crippen LogP contribution in [0.1, 0.15) is 25.3 Å². The smallest absolute Gasteiger partial charge is 0.242 e. The molecule has 1 aliphatic heterocycles. The van der Waals surface area contributed by atoms with Gasteiger partial charge in [0.2, 0.25) is 10.0 Å². The largest absolute Gasteiger partial charge is 0.381 e. The van der Waals surface area contributed by atoms with E-state index in [0.717, 1.165) is 0 Å². The van der Waals surface area contributed by atoms with Gasteiger partial charge in [-0.1, -0.05) is 11.6 Å². The molecular weight excluding hydrogens is 300 g/mol. The van der Waals surface area contributed by atoms with Gasteiger partial charge in [-0.2, -0.15) is 5.26 Å². The maximum Gasteiger partial charge on any atom is 0.242 e. The zero-order valence-corrected chi connectivity index (χ0v) is 12.6. The van der Waals surface area contributed by atoms with Crippen LogP contribution < -0.4 is 4.72 Å². The van der Waals surface area contributed by atoms with Crippen LogP contribution in [0.2, 0.25) is 5.02 Å². The van der Waals surface area contributed by atoms with Gasteiger partial charge in [0.1, 0.15) is 4.90 Å². The maximum absolute atomic E-state index is 12.4. The second-order valence-corrected chi connectivity index (χ2v) is 7.09. The average Bonchev–Trinajstić information content (AvgIpc) is 2.37. The van der Waals surface area contributed by atoms with E-state index in [-0.39, 0.29) is 9.92 Å². The van der Waals surface area contributed by atoms with Gasteiger partial charge >= 0.3 is 0 Å². The van der Waals surface area contributed by atoms with Crippen LogP contribution in [0, 0.1) is 11.3 Å². The molecule has 1 saturated heterocycles. The van der Waals surface area contributed by atoms with Gasteiger partial charge in [0, 0.05) is 18.8 Å². The van der Waals surface area contributed by atoms with Crippen molar-refractivity contribution in [1.29, 1.82) is 5.26 Å². The summed E-state index contributed by atoms with van der Waals surface area (Å²) in [5, 5.41) is 8.82. The fraction of sp³-hybridized carbons (Fsp3) is 0.462. The third kappa shape index (κ3) is 3.30. The lowest BCUT2D eigenvalue weighted by atomic mass is 9.94. The number of hydrogen-bond donors (Lipinski definition) is 1. The summed E-state index contributed by atoms with van der Waals surface area (Å²) in [6.45, 7) is 2.91. The summed E-state index contributed by atoms with van der Waals surface area (Å²) in [4.78, 5) is -0.00844. The molecule has 1 N–H and O–H groups in total. The lowest BCUT2D eigenvalue weighted by Crippen LogP contribution is -2.49. The molecule has 0 aromatic heterocycles. The van der Waals surface area contributed by atoms with Crippen LogP contribution in [-0.4, -0.2) is 27.2 Å². The fourth-order valence-corrected chi connectivity index (χ4v) is 4.10. The Hall–Kier alpha value is -1.13. The molecule has 0 atom stereocenters. The molecule has 5 nitrogen and oxygen atoms in total. The van der Waals surface area contributed by atoms with Gasteiger partial charge in [-0.3, -0.25) is 0 Å². The Labute approximate surface area is 123 Å². The van der Waals surface area contributed by atoms with Crippen LogP contribution in [0.25, 0.3) is 0 Å². The molecule has 0 spiro atoms. The highest BCUT2D eigenvalue weighted by atomic mass is 35.5. The Morgan fingerprint density at radius 2 is 2.05 bits per heavy atom. The van der Waals surface area contributed by atoms with Crippen molar-refractivity contribution in [3.05, 3.63) is 28.8 Å². The molecule has 0 amide bonds. The van der Waals surface area contributed by atoms with Crippen molar-refractivity contribution in [1.82, 2.24) is 4.72 Å². The molecule has 0 unspecified atom stereocenters. The first kappa shape index (κ1) is 15.3. The highest BCUT2D eigenvalue weighted by molar-refractivity contribution is 7.89. The van der Waals surface area contributed by atoms with E-state index in [1.54, 1.807) is 0 Å². The molecule has 7 heteroatoms. The minimum absolute atomic E-state index is 0.00844. The van der Waals surface area contributed by atoms with E-state index in [4.69, 9.17) is 21.6 Å². The van der Waals surface area contributed by atoms with Gasteiger partial charge in [0.05, 0.1) is 16.7 Å². The molecule has 1 aromatic carbocycles. The molecule has 0 aliphatic carbocycles. The van der Waals surface area contributed by atoms with Crippen molar-refractivity contribution < 1.29 is 13.2 Å². The number of halogens is 1. The average molecular weight is 315 g/mol. The molecule has 1 aromatic rings. The normalized spacial score (nSPS) is 18.4. The third-order valence-corrected chi connectivity index (χ3v) is 5.45. The van der Waals surface area contributed by atoms with Crippen molar-refractivity contribution in [2.24, 2.45) is 0 Å². The Morgan fingerprint density at radius 3 is 2.60 bits per heavy atom. The van der Waals surface area contributed by atoms with Gasteiger partial charge in [-0.25, -0.2) is 13.1 Å². The second kappa shape index (κ2) is 5.70. The van der Waals surface area contributed by atoms with Gasteiger partial charge in [0.15, 0.2) is 0 Å². The van der Waals surface area contributed by atoms with E-state index >= 15 is 0 Å². The predicted octanol–water partition coefficient (Wildman–Crippen LogP) is 2.06. The topological polar surface area (TPSA) is 79.2 Å². The summed E-state index contributed by atoms with van der Waals surface area (Å²) in [5.41, 5.74) is -0.208.